The molecule has 0 nitrogen and oxygen atoms in total. The molecule has 0 unspecified atom stereocenters. The van der Waals surface area contributed by atoms with Crippen LogP contribution < -0.4 is 0 Å². The van der Waals surface area contributed by atoms with Gasteiger partial charge in [0.25, 0.3) is 0 Å². The molecule has 1 aromatic rings. The predicted molar refractivity (Wildman–Crippen MR) is 55.9 cm³/mol. The smallest absolute Gasteiger partial charge is 0.00417 e. The normalized spacial score (nSPS) is 19.2. The lowest BCUT2D eigenvalue weighted by molar-refractivity contribution is 0.805. The minimum absolute atomic E-state index is 0.441. The minimum Gasteiger partial charge on any atom is -0.178 e. The second kappa shape index (κ2) is 2.81. The van der Waals surface area contributed by atoms with Crippen LogP contribution >= 0.6 is 12.6 Å². The summed E-state index contributed by atoms with van der Waals surface area (Å²) in [4.78, 5) is 0. The van der Waals surface area contributed by atoms with E-state index in [1.54, 1.807) is 0 Å². The monoisotopic (exact) mass is 178 g/mol. The molecule has 0 spiro atoms. The molecule has 0 aliphatic heterocycles. The zero-order valence-corrected chi connectivity index (χ0v) is 8.27. The van der Waals surface area contributed by atoms with Crippen LogP contribution in [0, 0.1) is 6.92 Å². The predicted octanol–water partition coefficient (Wildman–Crippen LogP) is 2.96. The summed E-state index contributed by atoms with van der Waals surface area (Å²) in [6.45, 7) is 2.13. The Hall–Kier alpha value is -0.430. The Labute approximate surface area is 79.4 Å². The highest BCUT2D eigenvalue weighted by Gasteiger charge is 2.42. The first-order valence-electron chi connectivity index (χ1n) is 4.45. The molecule has 0 bridgehead atoms. The highest BCUT2D eigenvalue weighted by atomic mass is 32.1. The van der Waals surface area contributed by atoms with Crippen molar-refractivity contribution in [1.82, 2.24) is 0 Å². The lowest BCUT2D eigenvalue weighted by Gasteiger charge is -2.11. The molecule has 1 aliphatic rings. The fraction of sp³-hybridized carbons (Fsp3) is 0.455. The van der Waals surface area contributed by atoms with Gasteiger partial charge in [0.2, 0.25) is 0 Å². The Kier molecular flexibility index (Phi) is 1.91. The average molecular weight is 178 g/mol. The zero-order valence-electron chi connectivity index (χ0n) is 7.38. The van der Waals surface area contributed by atoms with E-state index in [0.717, 1.165) is 5.75 Å². The first-order chi connectivity index (χ1) is 5.77. The molecule has 0 atom stereocenters. The van der Waals surface area contributed by atoms with Gasteiger partial charge < -0.3 is 0 Å². The van der Waals surface area contributed by atoms with Crippen molar-refractivity contribution in [3.63, 3.8) is 0 Å². The Bertz CT molecular complexity index is 270. The third-order valence-corrected chi connectivity index (χ3v) is 3.43. The van der Waals surface area contributed by atoms with E-state index in [2.05, 4.69) is 43.8 Å². The fourth-order valence-electron chi connectivity index (χ4n) is 1.60. The van der Waals surface area contributed by atoms with Crippen molar-refractivity contribution in [2.75, 3.05) is 5.75 Å². The summed E-state index contributed by atoms with van der Waals surface area (Å²) in [5.41, 5.74) is 3.26. The van der Waals surface area contributed by atoms with Crippen molar-refractivity contribution in [2.24, 2.45) is 0 Å². The summed E-state index contributed by atoms with van der Waals surface area (Å²) in [6, 6.07) is 8.88. The first kappa shape index (κ1) is 8.18. The van der Waals surface area contributed by atoms with Gasteiger partial charge in [-0.05, 0) is 31.1 Å². The quantitative estimate of drug-likeness (QED) is 0.661. The summed E-state index contributed by atoms with van der Waals surface area (Å²) in [5.74, 6) is 0.996. The van der Waals surface area contributed by atoms with Gasteiger partial charge in [0, 0.05) is 5.41 Å². The second-order valence-corrected chi connectivity index (χ2v) is 4.12. The molecular weight excluding hydrogens is 164 g/mol. The highest BCUT2D eigenvalue weighted by molar-refractivity contribution is 7.80. The van der Waals surface area contributed by atoms with Gasteiger partial charge in [-0.1, -0.05) is 29.8 Å². The van der Waals surface area contributed by atoms with Crippen LogP contribution in [0.25, 0.3) is 0 Å². The third kappa shape index (κ3) is 1.27. The highest BCUT2D eigenvalue weighted by Crippen LogP contribution is 2.48. The van der Waals surface area contributed by atoms with E-state index < -0.39 is 0 Å². The molecule has 0 saturated heterocycles. The third-order valence-electron chi connectivity index (χ3n) is 2.82. The summed E-state index contributed by atoms with van der Waals surface area (Å²) in [6.07, 6.45) is 2.64. The Morgan fingerprint density at radius 2 is 1.83 bits per heavy atom. The molecule has 1 aromatic carbocycles. The number of benzene rings is 1. The molecule has 0 N–H and O–H groups in total. The number of aryl methyl sites for hydroxylation is 1. The van der Waals surface area contributed by atoms with Crippen LogP contribution in [-0.2, 0) is 5.41 Å². The second-order valence-electron chi connectivity index (χ2n) is 3.80. The summed E-state index contributed by atoms with van der Waals surface area (Å²) >= 11 is 4.40. The van der Waals surface area contributed by atoms with Crippen molar-refractivity contribution in [2.45, 2.75) is 25.2 Å². The van der Waals surface area contributed by atoms with Crippen molar-refractivity contribution in [1.29, 1.82) is 0 Å². The van der Waals surface area contributed by atoms with Crippen molar-refractivity contribution in [3.05, 3.63) is 35.4 Å². The minimum atomic E-state index is 0.441. The standard InChI is InChI=1S/C11H14S/c1-9-2-4-10(5-3-9)11(8-12)6-7-11/h2-5,12H,6-8H2,1H3. The largest absolute Gasteiger partial charge is 0.178 e. The van der Waals surface area contributed by atoms with E-state index in [0.29, 0.717) is 5.41 Å². The lowest BCUT2D eigenvalue weighted by Crippen LogP contribution is -2.07. The van der Waals surface area contributed by atoms with Gasteiger partial charge in [-0.2, -0.15) is 12.6 Å². The van der Waals surface area contributed by atoms with Crippen LogP contribution in [0.5, 0.6) is 0 Å². The molecule has 1 saturated carbocycles. The van der Waals surface area contributed by atoms with Gasteiger partial charge in [0.05, 0.1) is 0 Å². The van der Waals surface area contributed by atoms with Crippen LogP contribution in [0.15, 0.2) is 24.3 Å². The molecule has 64 valence electrons. The zero-order chi connectivity index (χ0) is 8.60. The van der Waals surface area contributed by atoms with E-state index in [1.165, 1.54) is 24.0 Å². The maximum absolute atomic E-state index is 4.40. The van der Waals surface area contributed by atoms with Crippen LogP contribution in [-0.4, -0.2) is 5.75 Å². The van der Waals surface area contributed by atoms with Crippen molar-refractivity contribution in [3.8, 4) is 0 Å². The van der Waals surface area contributed by atoms with Crippen molar-refractivity contribution >= 4 is 12.6 Å². The summed E-state index contributed by atoms with van der Waals surface area (Å²) in [7, 11) is 0. The van der Waals surface area contributed by atoms with Gasteiger partial charge in [0.15, 0.2) is 0 Å². The molecule has 1 heteroatoms. The number of rotatable bonds is 2. The van der Waals surface area contributed by atoms with E-state index in [1.807, 2.05) is 0 Å². The SMILES string of the molecule is Cc1ccc(C2(CS)CC2)cc1. The molecule has 2 rings (SSSR count). The molecule has 0 heterocycles. The van der Waals surface area contributed by atoms with E-state index in [9.17, 15) is 0 Å². The number of hydrogen-bond donors (Lipinski definition) is 1. The fourth-order valence-corrected chi connectivity index (χ4v) is 2.09. The van der Waals surface area contributed by atoms with Gasteiger partial charge in [-0.3, -0.25) is 0 Å². The number of hydrogen-bond acceptors (Lipinski definition) is 1. The molecule has 1 aliphatic carbocycles. The first-order valence-corrected chi connectivity index (χ1v) is 5.08. The molecule has 12 heavy (non-hydrogen) atoms. The van der Waals surface area contributed by atoms with Crippen LogP contribution in [0.4, 0.5) is 0 Å². The average Bonchev–Trinajstić information content (AvgIpc) is 2.86. The maximum atomic E-state index is 4.40. The summed E-state index contributed by atoms with van der Waals surface area (Å²) in [5, 5.41) is 0. The van der Waals surface area contributed by atoms with Gasteiger partial charge in [-0.25, -0.2) is 0 Å². The molecule has 0 amide bonds. The lowest BCUT2D eigenvalue weighted by atomic mass is 9.97. The molecule has 0 radical (unpaired) electrons. The van der Waals surface area contributed by atoms with Gasteiger partial charge >= 0.3 is 0 Å². The van der Waals surface area contributed by atoms with Crippen LogP contribution in [0.2, 0.25) is 0 Å². The molecule has 1 fully saturated rings. The number of thiol groups is 1. The Morgan fingerprint density at radius 1 is 1.25 bits per heavy atom. The van der Waals surface area contributed by atoms with Crippen LogP contribution in [0.3, 0.4) is 0 Å². The van der Waals surface area contributed by atoms with E-state index in [-0.39, 0.29) is 0 Å². The topological polar surface area (TPSA) is 0 Å². The van der Waals surface area contributed by atoms with E-state index in [4.69, 9.17) is 0 Å². The van der Waals surface area contributed by atoms with E-state index >= 15 is 0 Å². The Morgan fingerprint density at radius 3 is 2.25 bits per heavy atom. The van der Waals surface area contributed by atoms with Gasteiger partial charge in [-0.15, -0.1) is 0 Å². The summed E-state index contributed by atoms with van der Waals surface area (Å²) < 4.78 is 0. The van der Waals surface area contributed by atoms with Crippen molar-refractivity contribution < 1.29 is 0 Å². The molecule has 0 aromatic heterocycles. The van der Waals surface area contributed by atoms with Gasteiger partial charge in [0.1, 0.15) is 0 Å². The van der Waals surface area contributed by atoms with Crippen LogP contribution in [0.1, 0.15) is 24.0 Å². The molecular formula is C11H14S. The Balaban J connectivity index is 2.29. The maximum Gasteiger partial charge on any atom is 0.00417 e.